The maximum absolute atomic E-state index is 13.5. The van der Waals surface area contributed by atoms with E-state index in [-0.39, 0.29) is 36.9 Å². The van der Waals surface area contributed by atoms with Crippen molar-refractivity contribution in [3.05, 3.63) is 113 Å². The zero-order valence-electron chi connectivity index (χ0n) is 21.1. The van der Waals surface area contributed by atoms with Crippen molar-refractivity contribution >= 4 is 66.2 Å². The van der Waals surface area contributed by atoms with Gasteiger partial charge in [0, 0.05) is 11.4 Å². The van der Waals surface area contributed by atoms with Gasteiger partial charge in [0.2, 0.25) is 5.91 Å². The Morgan fingerprint density at radius 1 is 0.762 bits per heavy atom. The molecule has 4 aromatic carbocycles. The number of nitrogens with one attached hydrogen (secondary N) is 2. The van der Waals surface area contributed by atoms with E-state index >= 15 is 0 Å². The van der Waals surface area contributed by atoms with E-state index in [1.165, 1.54) is 60.7 Å². The van der Waals surface area contributed by atoms with Gasteiger partial charge >= 0.3 is 6.18 Å². The number of sulfonamides is 2. The first-order valence-electron chi connectivity index (χ1n) is 11.8. The highest BCUT2D eigenvalue weighted by atomic mass is 35.5. The number of hydrogen-bond donors (Lipinski definition) is 2. The predicted molar refractivity (Wildman–Crippen MR) is 155 cm³/mol. The van der Waals surface area contributed by atoms with Crippen LogP contribution in [-0.2, 0) is 31.0 Å². The second-order valence-corrected chi connectivity index (χ2v) is 13.0. The van der Waals surface area contributed by atoms with Gasteiger partial charge in [0.15, 0.2) is 0 Å². The minimum atomic E-state index is -4.66. The average molecular weight is 659 g/mol. The van der Waals surface area contributed by atoms with Gasteiger partial charge in [-0.3, -0.25) is 13.8 Å². The molecule has 2 N–H and O–H groups in total. The molecule has 0 aliphatic heterocycles. The normalized spacial score (nSPS) is 12.0. The van der Waals surface area contributed by atoms with Crippen LogP contribution in [0.1, 0.15) is 5.56 Å². The molecule has 0 aromatic heterocycles. The van der Waals surface area contributed by atoms with Crippen molar-refractivity contribution in [1.82, 2.24) is 0 Å². The third-order valence-electron chi connectivity index (χ3n) is 5.71. The van der Waals surface area contributed by atoms with Crippen LogP contribution in [0, 0.1) is 0 Å². The minimum Gasteiger partial charge on any atom is -0.325 e. The van der Waals surface area contributed by atoms with Crippen LogP contribution in [-0.4, -0.2) is 29.3 Å². The summed E-state index contributed by atoms with van der Waals surface area (Å²) in [5.74, 6) is -0.789. The van der Waals surface area contributed by atoms with Crippen LogP contribution in [0.25, 0.3) is 0 Å². The van der Waals surface area contributed by atoms with Gasteiger partial charge in [-0.2, -0.15) is 13.2 Å². The largest absolute Gasteiger partial charge is 0.416 e. The summed E-state index contributed by atoms with van der Waals surface area (Å²) in [4.78, 5) is 12.6. The summed E-state index contributed by atoms with van der Waals surface area (Å²) < 4.78 is 94.2. The molecule has 4 aromatic rings. The highest BCUT2D eigenvalue weighted by molar-refractivity contribution is 7.93. The number of anilines is 3. The van der Waals surface area contributed by atoms with Crippen molar-refractivity contribution in [1.29, 1.82) is 0 Å². The number of alkyl halides is 3. The Hall–Kier alpha value is -3.78. The molecule has 0 aliphatic rings. The third-order valence-corrected chi connectivity index (χ3v) is 9.69. The number of hydrogen-bond acceptors (Lipinski definition) is 5. The lowest BCUT2D eigenvalue weighted by Gasteiger charge is -2.25. The lowest BCUT2D eigenvalue weighted by atomic mass is 10.2. The second-order valence-electron chi connectivity index (χ2n) is 8.65. The molecule has 15 heteroatoms. The van der Waals surface area contributed by atoms with Gasteiger partial charge < -0.3 is 5.32 Å². The Morgan fingerprint density at radius 3 is 2.05 bits per heavy atom. The number of halogens is 5. The molecular formula is C27H20Cl2F3N3O5S2. The molecular weight excluding hydrogens is 638 g/mol. The van der Waals surface area contributed by atoms with Crippen molar-refractivity contribution in [2.45, 2.75) is 16.0 Å². The summed E-state index contributed by atoms with van der Waals surface area (Å²) in [6, 6.07) is 20.1. The molecule has 0 fully saturated rings. The van der Waals surface area contributed by atoms with E-state index in [0.717, 1.165) is 28.6 Å². The predicted octanol–water partition coefficient (Wildman–Crippen LogP) is 6.65. The molecule has 0 saturated heterocycles. The number of amides is 1. The summed E-state index contributed by atoms with van der Waals surface area (Å²) in [6.07, 6.45) is -4.66. The van der Waals surface area contributed by atoms with Crippen LogP contribution in [0.3, 0.4) is 0 Å². The lowest BCUT2D eigenvalue weighted by Crippen LogP contribution is -2.38. The van der Waals surface area contributed by atoms with Crippen LogP contribution < -0.4 is 14.3 Å². The SMILES string of the molecule is O=C(CN(c1cccc(Cl)c1Cl)S(=O)(=O)c1ccccc1)Nc1ccc(S(=O)(=O)Nc2cccc(C(F)(F)F)c2)cc1. The van der Waals surface area contributed by atoms with Crippen LogP contribution in [0.15, 0.2) is 107 Å². The van der Waals surface area contributed by atoms with Crippen molar-refractivity contribution in [2.75, 3.05) is 20.9 Å². The van der Waals surface area contributed by atoms with Gasteiger partial charge in [-0.1, -0.05) is 53.5 Å². The topological polar surface area (TPSA) is 113 Å². The van der Waals surface area contributed by atoms with E-state index in [1.807, 2.05) is 0 Å². The van der Waals surface area contributed by atoms with E-state index in [4.69, 9.17) is 23.2 Å². The molecule has 0 heterocycles. The van der Waals surface area contributed by atoms with E-state index < -0.39 is 44.2 Å². The molecule has 1 amide bonds. The third kappa shape index (κ3) is 7.16. The standard InChI is InChI=1S/C27H20Cl2F3N3O5S2/c28-23-10-5-11-24(26(23)29)35(42(39,40)22-8-2-1-3-9-22)17-25(36)33-19-12-14-21(15-13-19)41(37,38)34-20-7-4-6-18(16-20)27(30,31)32/h1-16,34H,17H2,(H,33,36). The van der Waals surface area contributed by atoms with E-state index in [9.17, 15) is 34.8 Å². The summed E-state index contributed by atoms with van der Waals surface area (Å²) in [5, 5.41) is 2.47. The Kier molecular flexibility index (Phi) is 9.06. The number of nitrogens with zero attached hydrogens (tertiary/aromatic N) is 1. The molecule has 0 aliphatic carbocycles. The van der Waals surface area contributed by atoms with Crippen LogP contribution in [0.5, 0.6) is 0 Å². The highest BCUT2D eigenvalue weighted by Gasteiger charge is 2.31. The van der Waals surface area contributed by atoms with Crippen LogP contribution in [0.4, 0.5) is 30.2 Å². The van der Waals surface area contributed by atoms with Crippen LogP contribution in [0.2, 0.25) is 10.0 Å². The van der Waals surface area contributed by atoms with Crippen molar-refractivity contribution in [3.8, 4) is 0 Å². The van der Waals surface area contributed by atoms with Crippen LogP contribution >= 0.6 is 23.2 Å². The molecule has 220 valence electrons. The fourth-order valence-electron chi connectivity index (χ4n) is 3.73. The van der Waals surface area contributed by atoms with Gasteiger partial charge in [0.25, 0.3) is 20.0 Å². The Bertz CT molecular complexity index is 1820. The Labute approximate surface area is 249 Å². The number of benzene rings is 4. The molecule has 8 nitrogen and oxygen atoms in total. The fourth-order valence-corrected chi connectivity index (χ4v) is 6.68. The smallest absolute Gasteiger partial charge is 0.325 e. The molecule has 0 radical (unpaired) electrons. The van der Waals surface area contributed by atoms with Gasteiger partial charge in [0.1, 0.15) is 6.54 Å². The van der Waals surface area contributed by atoms with E-state index in [1.54, 1.807) is 6.07 Å². The van der Waals surface area contributed by atoms with Crippen molar-refractivity contribution in [3.63, 3.8) is 0 Å². The average Bonchev–Trinajstić information content (AvgIpc) is 2.93. The van der Waals surface area contributed by atoms with Gasteiger partial charge in [-0.15, -0.1) is 0 Å². The van der Waals surface area contributed by atoms with Crippen molar-refractivity contribution < 1.29 is 34.8 Å². The minimum absolute atomic E-state index is 0.0368. The molecule has 0 atom stereocenters. The summed E-state index contributed by atoms with van der Waals surface area (Å²) in [6.45, 7) is -0.714. The summed E-state index contributed by atoms with van der Waals surface area (Å²) in [7, 11) is -8.56. The molecule has 0 saturated carbocycles. The Morgan fingerprint density at radius 2 is 1.40 bits per heavy atom. The first-order valence-corrected chi connectivity index (χ1v) is 15.5. The summed E-state index contributed by atoms with van der Waals surface area (Å²) in [5.41, 5.74) is -1.23. The number of carbonyl (C=O) groups excluding carboxylic acids is 1. The second kappa shape index (κ2) is 12.2. The van der Waals surface area contributed by atoms with Gasteiger partial charge in [-0.25, -0.2) is 16.8 Å². The molecule has 0 spiro atoms. The molecule has 4 rings (SSSR count). The molecule has 0 bridgehead atoms. The molecule has 0 unspecified atom stereocenters. The zero-order chi connectivity index (χ0) is 30.7. The van der Waals surface area contributed by atoms with E-state index in [2.05, 4.69) is 10.0 Å². The lowest BCUT2D eigenvalue weighted by molar-refractivity contribution is -0.137. The Balaban J connectivity index is 1.54. The number of rotatable bonds is 9. The first-order chi connectivity index (χ1) is 19.7. The van der Waals surface area contributed by atoms with E-state index in [0.29, 0.717) is 6.07 Å². The molecule has 42 heavy (non-hydrogen) atoms. The first kappa shape index (κ1) is 31.2. The highest BCUT2D eigenvalue weighted by Crippen LogP contribution is 2.35. The van der Waals surface area contributed by atoms with Gasteiger partial charge in [0.05, 0.1) is 31.1 Å². The fraction of sp³-hybridized carbons (Fsp3) is 0.0741. The van der Waals surface area contributed by atoms with Crippen molar-refractivity contribution in [2.24, 2.45) is 0 Å². The quantitative estimate of drug-likeness (QED) is 0.209. The number of carbonyl (C=O) groups is 1. The maximum atomic E-state index is 13.5. The summed E-state index contributed by atoms with van der Waals surface area (Å²) >= 11 is 12.4. The van der Waals surface area contributed by atoms with Gasteiger partial charge in [-0.05, 0) is 66.7 Å². The monoisotopic (exact) mass is 657 g/mol. The zero-order valence-corrected chi connectivity index (χ0v) is 24.3. The maximum Gasteiger partial charge on any atom is 0.416 e.